The largest absolute Gasteiger partial charge is 0.346 e. The first-order chi connectivity index (χ1) is 14.9. The molecule has 0 bridgehead atoms. The van der Waals surface area contributed by atoms with Crippen molar-refractivity contribution in [3.05, 3.63) is 30.1 Å². The summed E-state index contributed by atoms with van der Waals surface area (Å²) >= 11 is 0. The van der Waals surface area contributed by atoms with Gasteiger partial charge in [0.15, 0.2) is 0 Å². The first-order valence-electron chi connectivity index (χ1n) is 11.3. The monoisotopic (exact) mass is 425 g/mol. The molecule has 1 aromatic heterocycles. The van der Waals surface area contributed by atoms with Gasteiger partial charge in [-0.3, -0.25) is 14.5 Å². The predicted molar refractivity (Wildman–Crippen MR) is 117 cm³/mol. The maximum absolute atomic E-state index is 12.7. The first kappa shape index (κ1) is 21.3. The zero-order chi connectivity index (χ0) is 22.0. The number of nitrogens with one attached hydrogen (secondary N) is 3. The summed E-state index contributed by atoms with van der Waals surface area (Å²) in [6.07, 6.45) is 4.80. The van der Waals surface area contributed by atoms with Gasteiger partial charge in [0.25, 0.3) is 5.91 Å². The highest BCUT2D eigenvalue weighted by molar-refractivity contribution is 6.07. The van der Waals surface area contributed by atoms with Gasteiger partial charge in [-0.05, 0) is 43.7 Å². The Hall–Kier alpha value is -2.90. The van der Waals surface area contributed by atoms with Gasteiger partial charge in [-0.15, -0.1) is 0 Å². The van der Waals surface area contributed by atoms with E-state index < -0.39 is 5.54 Å². The quantitative estimate of drug-likeness (QED) is 0.563. The molecule has 1 aliphatic carbocycles. The second kappa shape index (κ2) is 8.69. The molecule has 2 aromatic rings. The molecule has 4 amide bonds. The molecule has 4 rings (SSSR count). The van der Waals surface area contributed by atoms with Crippen molar-refractivity contribution < 1.29 is 14.4 Å². The number of hydrogen-bond acceptors (Lipinski definition) is 4. The number of H-pyrrole nitrogens is 1. The number of aromatic amines is 1. The molecule has 1 spiro atoms. The summed E-state index contributed by atoms with van der Waals surface area (Å²) in [6, 6.07) is 7.26. The number of aromatic nitrogens is 2. The highest BCUT2D eigenvalue weighted by atomic mass is 16.2. The lowest BCUT2D eigenvalue weighted by Gasteiger charge is -2.20. The fourth-order valence-electron chi connectivity index (χ4n) is 4.71. The zero-order valence-corrected chi connectivity index (χ0v) is 18.2. The minimum atomic E-state index is -0.691. The molecule has 0 radical (unpaired) electrons. The number of imide groups is 1. The van der Waals surface area contributed by atoms with Crippen LogP contribution in [-0.2, 0) is 9.59 Å². The summed E-state index contributed by atoms with van der Waals surface area (Å²) in [5, 5.41) is 5.97. The van der Waals surface area contributed by atoms with Gasteiger partial charge in [-0.1, -0.05) is 38.8 Å². The molecule has 8 nitrogen and oxygen atoms in total. The Bertz CT molecular complexity index is 944. The average Bonchev–Trinajstić information content (AvgIpc) is 3.42. The number of amides is 4. The maximum atomic E-state index is 12.7. The number of carbonyl (C=O) groups is 3. The lowest BCUT2D eigenvalue weighted by atomic mass is 9.98. The standard InChI is InChI=1S/C23H31N5O3/c1-15(2)14-18(20-25-16-8-3-4-9-17(16)26-20)24-19(29)10-7-13-28-21(30)23(27-22(28)31)11-5-6-12-23/h3-4,8-9,15,18H,5-7,10-14H2,1-2H3,(H,24,29)(H,25,26)(H,27,31). The Labute approximate surface area is 182 Å². The van der Waals surface area contributed by atoms with E-state index in [1.165, 1.54) is 4.90 Å². The van der Waals surface area contributed by atoms with Crippen molar-refractivity contribution >= 4 is 28.9 Å². The van der Waals surface area contributed by atoms with E-state index in [1.54, 1.807) is 0 Å². The Balaban J connectivity index is 1.34. The molecular formula is C23H31N5O3. The van der Waals surface area contributed by atoms with Crippen LogP contribution in [0.3, 0.4) is 0 Å². The highest BCUT2D eigenvalue weighted by Crippen LogP contribution is 2.35. The third-order valence-corrected chi connectivity index (χ3v) is 6.27. The van der Waals surface area contributed by atoms with Crippen LogP contribution in [0.4, 0.5) is 4.79 Å². The fourth-order valence-corrected chi connectivity index (χ4v) is 4.71. The van der Waals surface area contributed by atoms with Crippen LogP contribution in [0, 0.1) is 5.92 Å². The molecule has 166 valence electrons. The van der Waals surface area contributed by atoms with E-state index in [4.69, 9.17) is 0 Å². The Kier molecular flexibility index (Phi) is 5.98. The lowest BCUT2D eigenvalue weighted by Crippen LogP contribution is -2.44. The Morgan fingerprint density at radius 1 is 1.23 bits per heavy atom. The molecule has 3 N–H and O–H groups in total. The van der Waals surface area contributed by atoms with E-state index in [-0.39, 0.29) is 36.9 Å². The normalized spacial score (nSPS) is 18.9. The Morgan fingerprint density at radius 3 is 2.68 bits per heavy atom. The van der Waals surface area contributed by atoms with Crippen LogP contribution < -0.4 is 10.6 Å². The van der Waals surface area contributed by atoms with Gasteiger partial charge in [0.05, 0.1) is 17.1 Å². The summed E-state index contributed by atoms with van der Waals surface area (Å²) in [4.78, 5) is 46.9. The van der Waals surface area contributed by atoms with Crippen LogP contribution >= 0.6 is 0 Å². The molecule has 1 aliphatic heterocycles. The van der Waals surface area contributed by atoms with Crippen molar-refractivity contribution in [3.8, 4) is 0 Å². The third-order valence-electron chi connectivity index (χ3n) is 6.27. The SMILES string of the molecule is CC(C)CC(NC(=O)CCCN1C(=O)NC2(CCCC2)C1=O)c1nc2ccccc2[nH]1. The van der Waals surface area contributed by atoms with Gasteiger partial charge in [-0.25, -0.2) is 9.78 Å². The van der Waals surface area contributed by atoms with Crippen molar-refractivity contribution in [2.24, 2.45) is 5.92 Å². The third kappa shape index (κ3) is 4.43. The summed E-state index contributed by atoms with van der Waals surface area (Å²) in [7, 11) is 0. The van der Waals surface area contributed by atoms with Crippen molar-refractivity contribution in [3.63, 3.8) is 0 Å². The topological polar surface area (TPSA) is 107 Å². The fraction of sp³-hybridized carbons (Fsp3) is 0.565. The van der Waals surface area contributed by atoms with Gasteiger partial charge in [-0.2, -0.15) is 0 Å². The number of hydrogen-bond donors (Lipinski definition) is 3. The van der Waals surface area contributed by atoms with Gasteiger partial charge in [0, 0.05) is 13.0 Å². The molecule has 8 heteroatoms. The van der Waals surface area contributed by atoms with E-state index in [9.17, 15) is 14.4 Å². The smallest absolute Gasteiger partial charge is 0.325 e. The summed E-state index contributed by atoms with van der Waals surface area (Å²) in [6.45, 7) is 4.48. The molecule has 2 heterocycles. The molecular weight excluding hydrogens is 394 g/mol. The van der Waals surface area contributed by atoms with E-state index in [0.717, 1.165) is 36.1 Å². The molecule has 1 aromatic carbocycles. The minimum Gasteiger partial charge on any atom is -0.346 e. The zero-order valence-electron chi connectivity index (χ0n) is 18.2. The molecule has 1 unspecified atom stereocenters. The Morgan fingerprint density at radius 2 is 1.97 bits per heavy atom. The van der Waals surface area contributed by atoms with E-state index >= 15 is 0 Å². The van der Waals surface area contributed by atoms with Crippen molar-refractivity contribution in [2.75, 3.05) is 6.54 Å². The van der Waals surface area contributed by atoms with Crippen LogP contribution in [0.5, 0.6) is 0 Å². The molecule has 2 fully saturated rings. The van der Waals surface area contributed by atoms with Crippen LogP contribution in [0.15, 0.2) is 24.3 Å². The lowest BCUT2D eigenvalue weighted by molar-refractivity contribution is -0.131. The van der Waals surface area contributed by atoms with Crippen LogP contribution in [0.2, 0.25) is 0 Å². The maximum Gasteiger partial charge on any atom is 0.325 e. The van der Waals surface area contributed by atoms with Crippen LogP contribution in [-0.4, -0.2) is 44.8 Å². The summed E-state index contributed by atoms with van der Waals surface area (Å²) in [5.74, 6) is 0.900. The molecule has 1 saturated heterocycles. The average molecular weight is 426 g/mol. The highest BCUT2D eigenvalue weighted by Gasteiger charge is 2.52. The number of rotatable bonds is 8. The van der Waals surface area contributed by atoms with Gasteiger partial charge < -0.3 is 15.6 Å². The van der Waals surface area contributed by atoms with E-state index in [2.05, 4.69) is 34.4 Å². The summed E-state index contributed by atoms with van der Waals surface area (Å²) in [5.41, 5.74) is 1.13. The van der Waals surface area contributed by atoms with Crippen LogP contribution in [0.1, 0.15) is 70.7 Å². The van der Waals surface area contributed by atoms with Crippen molar-refractivity contribution in [2.45, 2.75) is 70.4 Å². The number of benzene rings is 1. The molecule has 2 aliphatic rings. The number of fused-ring (bicyclic) bond motifs is 1. The van der Waals surface area contributed by atoms with Gasteiger partial charge in [0.1, 0.15) is 11.4 Å². The number of carbonyl (C=O) groups excluding carboxylic acids is 3. The number of imidazole rings is 1. The number of urea groups is 1. The van der Waals surface area contributed by atoms with E-state index in [1.807, 2.05) is 24.3 Å². The number of para-hydroxylation sites is 2. The van der Waals surface area contributed by atoms with Gasteiger partial charge in [0.2, 0.25) is 5.91 Å². The van der Waals surface area contributed by atoms with E-state index in [0.29, 0.717) is 25.2 Å². The van der Waals surface area contributed by atoms with Crippen LogP contribution in [0.25, 0.3) is 11.0 Å². The first-order valence-corrected chi connectivity index (χ1v) is 11.3. The predicted octanol–water partition coefficient (Wildman–Crippen LogP) is 3.41. The second-order valence-electron chi connectivity index (χ2n) is 9.17. The summed E-state index contributed by atoms with van der Waals surface area (Å²) < 4.78 is 0. The molecule has 1 atom stereocenters. The second-order valence-corrected chi connectivity index (χ2v) is 9.17. The molecule has 1 saturated carbocycles. The molecule has 31 heavy (non-hydrogen) atoms. The number of nitrogens with zero attached hydrogens (tertiary/aromatic N) is 2. The van der Waals surface area contributed by atoms with Crippen molar-refractivity contribution in [1.82, 2.24) is 25.5 Å². The van der Waals surface area contributed by atoms with Crippen molar-refractivity contribution in [1.29, 1.82) is 0 Å². The van der Waals surface area contributed by atoms with Gasteiger partial charge >= 0.3 is 6.03 Å². The minimum absolute atomic E-state index is 0.103.